The number of fused-ring (bicyclic) bond motifs is 5. The van der Waals surface area contributed by atoms with Crippen molar-refractivity contribution in [3.05, 3.63) is 119 Å². The molecule has 4 aromatic rings. The van der Waals surface area contributed by atoms with Gasteiger partial charge >= 0.3 is 0 Å². The van der Waals surface area contributed by atoms with Gasteiger partial charge in [0.25, 0.3) is 11.8 Å². The van der Waals surface area contributed by atoms with Crippen LogP contribution in [-0.2, 0) is 24.6 Å². The maximum absolute atomic E-state index is 15.4. The normalized spacial score (nSPS) is 28.0. The number of nitrogens with one attached hydrogen (secondary N) is 1. The maximum atomic E-state index is 15.4. The largest absolute Gasteiger partial charge is 0.508 e. The lowest BCUT2D eigenvalue weighted by Gasteiger charge is -2.51. The molecule has 248 valence electrons. The Balaban J connectivity index is 1.40. The first-order chi connectivity index (χ1) is 23.4. The number of carbonyl (C=O) groups excluding carboxylic acids is 4. The first-order valence-electron chi connectivity index (χ1n) is 17.0. The number of phenolic OH excluding ortho intramolecular Hbond substituents is 1. The van der Waals surface area contributed by atoms with Gasteiger partial charge in [0.1, 0.15) is 5.75 Å². The Morgan fingerprint density at radius 2 is 1.49 bits per heavy atom. The fourth-order valence-corrected chi connectivity index (χ4v) is 9.31. The van der Waals surface area contributed by atoms with Crippen LogP contribution in [0.3, 0.4) is 0 Å². The van der Waals surface area contributed by atoms with Gasteiger partial charge in [-0.3, -0.25) is 29.5 Å². The van der Waals surface area contributed by atoms with E-state index in [2.05, 4.69) is 5.43 Å². The minimum atomic E-state index is -1.46. The Kier molecular flexibility index (Phi) is 6.90. The lowest BCUT2D eigenvalue weighted by molar-refractivity contribution is -0.146. The van der Waals surface area contributed by atoms with Crippen molar-refractivity contribution in [1.82, 2.24) is 9.91 Å². The Bertz CT molecular complexity index is 2080. The molecule has 6 atom stereocenters. The highest BCUT2D eigenvalue weighted by molar-refractivity contribution is 6.13. The SMILES string of the molecule is Cc1ccc(NN2C(=O)[C@@H]3C[C@@H]4C(=CC[C@@H]5C(=O)N(C(C)(C)C)C(=O)[C@@H]54)[C@H](c4c(O)ccc5ccccc45)[C@]3(c3ccccc3)C2=O)cc1. The number of aromatic hydroxyl groups is 1. The van der Waals surface area contributed by atoms with Crippen molar-refractivity contribution in [2.24, 2.45) is 23.7 Å². The van der Waals surface area contributed by atoms with Crippen molar-refractivity contribution in [1.29, 1.82) is 0 Å². The molecule has 1 saturated carbocycles. The molecule has 2 aliphatic carbocycles. The Hall–Kier alpha value is -5.24. The number of hydrogen-bond donors (Lipinski definition) is 2. The molecule has 0 spiro atoms. The van der Waals surface area contributed by atoms with Crippen LogP contribution in [0, 0.1) is 30.6 Å². The first-order valence-corrected chi connectivity index (χ1v) is 17.0. The zero-order valence-corrected chi connectivity index (χ0v) is 28.0. The summed E-state index contributed by atoms with van der Waals surface area (Å²) in [7, 11) is 0. The molecule has 4 aliphatic rings. The van der Waals surface area contributed by atoms with E-state index < -0.39 is 52.4 Å². The molecule has 8 heteroatoms. The van der Waals surface area contributed by atoms with Crippen molar-refractivity contribution >= 4 is 40.1 Å². The summed E-state index contributed by atoms with van der Waals surface area (Å²) in [5.74, 6) is -4.67. The lowest BCUT2D eigenvalue weighted by Crippen LogP contribution is -2.53. The van der Waals surface area contributed by atoms with Gasteiger partial charge in [0, 0.05) is 17.0 Å². The second-order valence-corrected chi connectivity index (χ2v) is 15.0. The molecule has 0 bridgehead atoms. The molecule has 8 nitrogen and oxygen atoms in total. The molecular weight excluding hydrogens is 614 g/mol. The quantitative estimate of drug-likeness (QED) is 0.189. The van der Waals surface area contributed by atoms with Gasteiger partial charge in [-0.25, -0.2) is 0 Å². The highest BCUT2D eigenvalue weighted by Gasteiger charge is 2.71. The smallest absolute Gasteiger partial charge is 0.260 e. The third kappa shape index (κ3) is 4.35. The van der Waals surface area contributed by atoms with E-state index in [9.17, 15) is 19.5 Å². The van der Waals surface area contributed by atoms with Crippen LogP contribution in [0.5, 0.6) is 5.75 Å². The van der Waals surface area contributed by atoms with E-state index in [4.69, 9.17) is 0 Å². The third-order valence-electron chi connectivity index (χ3n) is 11.3. The minimum Gasteiger partial charge on any atom is -0.508 e. The number of benzene rings is 4. The molecular formula is C41H39N3O5. The molecule has 49 heavy (non-hydrogen) atoms. The molecule has 2 heterocycles. The Labute approximate surface area is 285 Å². The number of rotatable bonds is 4. The van der Waals surface area contributed by atoms with Crippen molar-refractivity contribution < 1.29 is 24.3 Å². The summed E-state index contributed by atoms with van der Waals surface area (Å²) in [5.41, 5.74) is 4.63. The van der Waals surface area contributed by atoms with Crippen LogP contribution in [0.2, 0.25) is 0 Å². The van der Waals surface area contributed by atoms with Crippen LogP contribution in [0.4, 0.5) is 5.69 Å². The summed E-state index contributed by atoms with van der Waals surface area (Å²) in [5, 5.41) is 14.7. The molecule has 2 N–H and O–H groups in total. The topological polar surface area (TPSA) is 107 Å². The van der Waals surface area contributed by atoms with Crippen LogP contribution in [0.15, 0.2) is 103 Å². The van der Waals surface area contributed by atoms with Crippen molar-refractivity contribution in [3.63, 3.8) is 0 Å². The summed E-state index contributed by atoms with van der Waals surface area (Å²) in [6.45, 7) is 7.55. The van der Waals surface area contributed by atoms with E-state index in [1.165, 1.54) is 4.90 Å². The highest BCUT2D eigenvalue weighted by atomic mass is 16.3. The lowest BCUT2D eigenvalue weighted by atomic mass is 9.48. The van der Waals surface area contributed by atoms with Gasteiger partial charge < -0.3 is 5.11 Å². The average Bonchev–Trinajstić information content (AvgIpc) is 3.47. The van der Waals surface area contributed by atoms with Crippen LogP contribution in [0.1, 0.15) is 56.2 Å². The van der Waals surface area contributed by atoms with E-state index in [1.807, 2.05) is 119 Å². The van der Waals surface area contributed by atoms with Crippen molar-refractivity contribution in [2.75, 3.05) is 5.43 Å². The fraction of sp³-hybridized carbons (Fsp3) is 0.317. The number of allylic oxidation sites excluding steroid dienone is 2. The van der Waals surface area contributed by atoms with Gasteiger partial charge in [-0.05, 0) is 81.0 Å². The average molecular weight is 654 g/mol. The molecule has 2 aliphatic heterocycles. The van der Waals surface area contributed by atoms with E-state index in [1.54, 1.807) is 6.07 Å². The summed E-state index contributed by atoms with van der Waals surface area (Å²) in [4.78, 5) is 59.8. The fourth-order valence-electron chi connectivity index (χ4n) is 9.31. The number of phenols is 1. The minimum absolute atomic E-state index is 0.0109. The van der Waals surface area contributed by atoms with Gasteiger partial charge in [-0.2, -0.15) is 5.01 Å². The van der Waals surface area contributed by atoms with Crippen LogP contribution in [-0.4, -0.2) is 44.2 Å². The summed E-state index contributed by atoms with van der Waals surface area (Å²) < 4.78 is 0. The Morgan fingerprint density at radius 1 is 0.796 bits per heavy atom. The summed E-state index contributed by atoms with van der Waals surface area (Å²) >= 11 is 0. The predicted octanol–water partition coefficient (Wildman–Crippen LogP) is 6.64. The van der Waals surface area contributed by atoms with Crippen molar-refractivity contribution in [2.45, 2.75) is 57.4 Å². The number of amides is 4. The second kappa shape index (κ2) is 10.9. The van der Waals surface area contributed by atoms with Gasteiger partial charge in [0.05, 0.1) is 28.9 Å². The van der Waals surface area contributed by atoms with Gasteiger partial charge in [0.15, 0.2) is 0 Å². The van der Waals surface area contributed by atoms with E-state index in [0.29, 0.717) is 23.2 Å². The number of imide groups is 2. The van der Waals surface area contributed by atoms with Gasteiger partial charge in [0.2, 0.25) is 11.8 Å². The molecule has 4 aromatic carbocycles. The maximum Gasteiger partial charge on any atom is 0.260 e. The van der Waals surface area contributed by atoms with E-state index in [0.717, 1.165) is 26.9 Å². The number of nitrogens with zero attached hydrogens (tertiary/aromatic N) is 2. The molecule has 4 amide bonds. The molecule has 0 aromatic heterocycles. The number of likely N-dealkylation sites (tertiary alicyclic amines) is 1. The molecule has 0 radical (unpaired) electrons. The number of hydrogen-bond acceptors (Lipinski definition) is 6. The predicted molar refractivity (Wildman–Crippen MR) is 186 cm³/mol. The zero-order valence-electron chi connectivity index (χ0n) is 28.0. The number of carbonyl (C=O) groups is 4. The van der Waals surface area contributed by atoms with E-state index >= 15 is 4.79 Å². The molecule has 0 unspecified atom stereocenters. The van der Waals surface area contributed by atoms with Crippen LogP contribution >= 0.6 is 0 Å². The summed E-state index contributed by atoms with van der Waals surface area (Å²) in [6.07, 6.45) is 2.57. The highest BCUT2D eigenvalue weighted by Crippen LogP contribution is 2.65. The van der Waals surface area contributed by atoms with E-state index in [-0.39, 0.29) is 24.0 Å². The first kappa shape index (κ1) is 31.1. The molecule has 2 saturated heterocycles. The second-order valence-electron chi connectivity index (χ2n) is 15.0. The Morgan fingerprint density at radius 3 is 2.20 bits per heavy atom. The molecule has 3 fully saturated rings. The van der Waals surface area contributed by atoms with Crippen LogP contribution < -0.4 is 5.43 Å². The number of hydrazine groups is 1. The third-order valence-corrected chi connectivity index (χ3v) is 11.3. The molecule has 8 rings (SSSR count). The van der Waals surface area contributed by atoms with Crippen molar-refractivity contribution in [3.8, 4) is 5.75 Å². The monoisotopic (exact) mass is 653 g/mol. The number of aryl methyl sites for hydroxylation is 1. The standard InChI is InChI=1S/C41H39N3O5/c1-23-14-17-26(18-15-23)42-44-37(47)31-22-30-28(19-20-29-33(30)38(48)43(36(29)46)40(2,3)4)35(41(31,39(44)49)25-11-6-5-7-12-25)34-27-13-9-8-10-24(27)16-21-32(34)45/h5-19,21,29-31,33,35,42,45H,20,22H2,1-4H3/t29-,30+,31-,33-,35+,41+/m0/s1. The van der Waals surface area contributed by atoms with Gasteiger partial charge in [-0.1, -0.05) is 90.0 Å². The van der Waals surface area contributed by atoms with Gasteiger partial charge in [-0.15, -0.1) is 0 Å². The summed E-state index contributed by atoms with van der Waals surface area (Å²) in [6, 6.07) is 28.1. The number of anilines is 1. The zero-order chi connectivity index (χ0) is 34.4. The van der Waals surface area contributed by atoms with Crippen LogP contribution in [0.25, 0.3) is 10.8 Å².